The number of hydrogen-bond donors (Lipinski definition) is 1. The third-order valence-corrected chi connectivity index (χ3v) is 2.57. The van der Waals surface area contributed by atoms with Gasteiger partial charge in [-0.2, -0.15) is 13.6 Å². The van der Waals surface area contributed by atoms with E-state index in [0.717, 1.165) is 12.1 Å². The number of aromatic amines is 1. The van der Waals surface area contributed by atoms with Gasteiger partial charge in [0, 0.05) is 5.56 Å². The Kier molecular flexibility index (Phi) is 2.19. The average Bonchev–Trinajstić information content (AvgIpc) is 2.69. The first-order valence-corrected chi connectivity index (χ1v) is 5.24. The number of halogens is 1. The Bertz CT molecular complexity index is 549. The van der Waals surface area contributed by atoms with Gasteiger partial charge in [-0.05, 0) is 29.5 Å². The van der Waals surface area contributed by atoms with Crippen LogP contribution in [0.4, 0.5) is 3.89 Å². The Labute approximate surface area is 84.3 Å². The van der Waals surface area contributed by atoms with Crippen molar-refractivity contribution in [3.63, 3.8) is 0 Å². The first-order valence-electron chi connectivity index (χ1n) is 3.86. The number of tetrazole rings is 1. The summed E-state index contributed by atoms with van der Waals surface area (Å²) in [5.41, 5.74) is 0.552. The zero-order valence-electron chi connectivity index (χ0n) is 7.25. The Morgan fingerprint density at radius 3 is 2.33 bits per heavy atom. The number of aromatic nitrogens is 4. The molecule has 0 aliphatic carbocycles. The first-order chi connectivity index (χ1) is 7.07. The Morgan fingerprint density at radius 2 is 1.87 bits per heavy atom. The molecule has 6 nitrogen and oxygen atoms in total. The lowest BCUT2D eigenvalue weighted by atomic mass is 10.2. The normalized spacial score (nSPS) is 11.5. The van der Waals surface area contributed by atoms with Gasteiger partial charge in [0.25, 0.3) is 0 Å². The summed E-state index contributed by atoms with van der Waals surface area (Å²) >= 11 is 0. The molecule has 8 heteroatoms. The highest BCUT2D eigenvalue weighted by Crippen LogP contribution is 2.17. The largest absolute Gasteiger partial charge is 0.332 e. The molecule has 1 heterocycles. The maximum absolute atomic E-state index is 12.5. The maximum Gasteiger partial charge on any atom is 0.332 e. The molecule has 0 amide bonds. The summed E-state index contributed by atoms with van der Waals surface area (Å²) < 4.78 is 33.5. The topological polar surface area (TPSA) is 88.6 Å². The van der Waals surface area contributed by atoms with E-state index in [2.05, 4.69) is 20.6 Å². The molecule has 2 aromatic rings. The van der Waals surface area contributed by atoms with Gasteiger partial charge in [0.2, 0.25) is 5.82 Å². The lowest BCUT2D eigenvalue weighted by molar-refractivity contribution is 0.552. The van der Waals surface area contributed by atoms with Crippen molar-refractivity contribution in [3.05, 3.63) is 24.3 Å². The SMILES string of the molecule is O=S(=O)(F)c1ccc(-c2nn[nH]n2)cc1. The van der Waals surface area contributed by atoms with Crippen molar-refractivity contribution in [2.45, 2.75) is 4.90 Å². The van der Waals surface area contributed by atoms with E-state index in [1.54, 1.807) is 0 Å². The fraction of sp³-hybridized carbons (Fsp3) is 0. The van der Waals surface area contributed by atoms with Gasteiger partial charge >= 0.3 is 10.2 Å². The molecule has 0 saturated heterocycles. The van der Waals surface area contributed by atoms with Gasteiger partial charge in [-0.1, -0.05) is 0 Å². The lowest BCUT2D eigenvalue weighted by Gasteiger charge is -1.96. The minimum atomic E-state index is -4.65. The molecule has 0 unspecified atom stereocenters. The van der Waals surface area contributed by atoms with Crippen LogP contribution in [-0.2, 0) is 10.2 Å². The van der Waals surface area contributed by atoms with Crippen LogP contribution in [-0.4, -0.2) is 29.0 Å². The monoisotopic (exact) mass is 228 g/mol. The summed E-state index contributed by atoms with van der Waals surface area (Å²) in [7, 11) is -4.65. The third kappa shape index (κ3) is 1.99. The van der Waals surface area contributed by atoms with Crippen LogP contribution in [0.15, 0.2) is 29.2 Å². The van der Waals surface area contributed by atoms with Gasteiger partial charge < -0.3 is 0 Å². The van der Waals surface area contributed by atoms with Crippen LogP contribution < -0.4 is 0 Å². The van der Waals surface area contributed by atoms with E-state index in [9.17, 15) is 12.3 Å². The van der Waals surface area contributed by atoms with Crippen LogP contribution in [0.5, 0.6) is 0 Å². The second-order valence-corrected chi connectivity index (χ2v) is 4.04. The molecular weight excluding hydrogens is 223 g/mol. The highest BCUT2D eigenvalue weighted by molar-refractivity contribution is 7.86. The number of hydrogen-bond acceptors (Lipinski definition) is 5. The average molecular weight is 228 g/mol. The van der Waals surface area contributed by atoms with Crippen LogP contribution in [0.1, 0.15) is 0 Å². The van der Waals surface area contributed by atoms with Crippen molar-refractivity contribution in [1.29, 1.82) is 0 Å². The predicted octanol–water partition coefficient (Wildman–Crippen LogP) is 0.525. The Balaban J connectivity index is 2.42. The summed E-state index contributed by atoms with van der Waals surface area (Å²) in [5.74, 6) is 0.317. The molecule has 1 aromatic heterocycles. The number of benzene rings is 1. The predicted molar refractivity (Wildman–Crippen MR) is 47.9 cm³/mol. The number of nitrogens with zero attached hydrogens (tertiary/aromatic N) is 3. The summed E-state index contributed by atoms with van der Waals surface area (Å²) in [5, 5.41) is 13.0. The minimum Gasteiger partial charge on any atom is -0.189 e. The maximum atomic E-state index is 12.5. The molecule has 0 aliphatic rings. The van der Waals surface area contributed by atoms with E-state index in [4.69, 9.17) is 0 Å². The van der Waals surface area contributed by atoms with Crippen molar-refractivity contribution in [1.82, 2.24) is 20.6 Å². The van der Waals surface area contributed by atoms with E-state index in [0.29, 0.717) is 11.4 Å². The molecular formula is C7H5FN4O2S. The fourth-order valence-corrected chi connectivity index (χ4v) is 1.51. The van der Waals surface area contributed by atoms with Crippen molar-refractivity contribution in [2.24, 2.45) is 0 Å². The highest BCUT2D eigenvalue weighted by atomic mass is 32.3. The number of rotatable bonds is 2. The summed E-state index contributed by atoms with van der Waals surface area (Å²) in [6.07, 6.45) is 0. The Morgan fingerprint density at radius 1 is 1.20 bits per heavy atom. The van der Waals surface area contributed by atoms with Gasteiger partial charge in [0.1, 0.15) is 0 Å². The smallest absolute Gasteiger partial charge is 0.189 e. The molecule has 0 fully saturated rings. The molecule has 0 spiro atoms. The van der Waals surface area contributed by atoms with Gasteiger partial charge in [0.15, 0.2) is 0 Å². The van der Waals surface area contributed by atoms with E-state index in [-0.39, 0.29) is 0 Å². The molecule has 1 N–H and O–H groups in total. The molecule has 0 saturated carbocycles. The third-order valence-electron chi connectivity index (χ3n) is 1.74. The first kappa shape index (κ1) is 9.71. The van der Waals surface area contributed by atoms with Crippen LogP contribution >= 0.6 is 0 Å². The zero-order chi connectivity index (χ0) is 10.9. The molecule has 1 aromatic carbocycles. The second-order valence-electron chi connectivity index (χ2n) is 2.70. The van der Waals surface area contributed by atoms with E-state index in [1.807, 2.05) is 0 Å². The zero-order valence-corrected chi connectivity index (χ0v) is 8.07. The molecule has 0 aliphatic heterocycles. The van der Waals surface area contributed by atoms with E-state index < -0.39 is 15.1 Å². The summed E-state index contributed by atoms with van der Waals surface area (Å²) in [4.78, 5) is -0.394. The number of nitrogens with one attached hydrogen (secondary N) is 1. The molecule has 2 rings (SSSR count). The van der Waals surface area contributed by atoms with Crippen LogP contribution in [0.25, 0.3) is 11.4 Å². The fourth-order valence-electron chi connectivity index (χ4n) is 1.05. The van der Waals surface area contributed by atoms with Crippen LogP contribution in [0.3, 0.4) is 0 Å². The molecule has 0 bridgehead atoms. The van der Waals surface area contributed by atoms with Gasteiger partial charge in [0.05, 0.1) is 4.90 Å². The molecule has 78 valence electrons. The van der Waals surface area contributed by atoms with Crippen molar-refractivity contribution in [3.8, 4) is 11.4 Å². The van der Waals surface area contributed by atoms with E-state index in [1.165, 1.54) is 12.1 Å². The summed E-state index contributed by atoms with van der Waals surface area (Å²) in [6.45, 7) is 0. The summed E-state index contributed by atoms with van der Waals surface area (Å²) in [6, 6.07) is 5.08. The quantitative estimate of drug-likeness (QED) is 0.757. The molecule has 0 atom stereocenters. The van der Waals surface area contributed by atoms with Gasteiger partial charge in [-0.15, -0.1) is 14.1 Å². The van der Waals surface area contributed by atoms with Crippen LogP contribution in [0, 0.1) is 0 Å². The number of H-pyrrole nitrogens is 1. The molecule has 15 heavy (non-hydrogen) atoms. The van der Waals surface area contributed by atoms with Crippen LogP contribution in [0.2, 0.25) is 0 Å². The molecule has 0 radical (unpaired) electrons. The second kappa shape index (κ2) is 3.39. The van der Waals surface area contributed by atoms with Crippen molar-refractivity contribution >= 4 is 10.2 Å². The lowest BCUT2D eigenvalue weighted by Crippen LogP contribution is -1.91. The standard InChI is InChI=1S/C7H5FN4O2S/c8-15(13,14)6-3-1-5(2-4-6)7-9-11-12-10-7/h1-4H,(H,9,10,11,12). The van der Waals surface area contributed by atoms with Crippen molar-refractivity contribution in [2.75, 3.05) is 0 Å². The van der Waals surface area contributed by atoms with Gasteiger partial charge in [-0.25, -0.2) is 0 Å². The minimum absolute atomic E-state index is 0.317. The Hall–Kier alpha value is -1.83. The van der Waals surface area contributed by atoms with Gasteiger partial charge in [-0.3, -0.25) is 0 Å². The van der Waals surface area contributed by atoms with Crippen molar-refractivity contribution < 1.29 is 12.3 Å². The highest BCUT2D eigenvalue weighted by Gasteiger charge is 2.11. The van der Waals surface area contributed by atoms with E-state index >= 15 is 0 Å².